The van der Waals surface area contributed by atoms with E-state index in [1.54, 1.807) is 35.2 Å². The molecule has 1 fully saturated rings. The van der Waals surface area contributed by atoms with Crippen molar-refractivity contribution in [2.24, 2.45) is 5.73 Å². The third-order valence-electron chi connectivity index (χ3n) is 8.23. The molecular weight excluding hydrogens is 597 g/mol. The molecule has 2 N–H and O–H groups in total. The van der Waals surface area contributed by atoms with Gasteiger partial charge < -0.3 is 24.7 Å². The fraction of sp³-hybridized carbons (Fsp3) is 0.438. The Labute approximate surface area is 255 Å². The van der Waals surface area contributed by atoms with Crippen LogP contribution < -0.4 is 19.9 Å². The van der Waals surface area contributed by atoms with Crippen molar-refractivity contribution in [3.05, 3.63) is 83.4 Å². The van der Waals surface area contributed by atoms with Crippen LogP contribution in [0.15, 0.2) is 71.6 Å². The maximum atomic E-state index is 14.8. The van der Waals surface area contributed by atoms with Gasteiger partial charge in [0, 0.05) is 19.2 Å². The van der Waals surface area contributed by atoms with E-state index >= 15 is 0 Å². The van der Waals surface area contributed by atoms with Crippen LogP contribution in [0.3, 0.4) is 0 Å². The van der Waals surface area contributed by atoms with Gasteiger partial charge in [0.05, 0.1) is 16.6 Å². The first-order valence-corrected chi connectivity index (χ1v) is 16.0. The molecule has 238 valence electrons. The number of sulfone groups is 1. The van der Waals surface area contributed by atoms with Crippen LogP contribution in [0.25, 0.3) is 0 Å². The molecule has 0 amide bonds. The lowest BCUT2D eigenvalue weighted by atomic mass is 9.96. The molecular formula is C32H37F3N2O6S. The predicted octanol–water partition coefficient (Wildman–Crippen LogP) is 6.27. The van der Waals surface area contributed by atoms with Gasteiger partial charge in [-0.2, -0.15) is 13.2 Å². The molecule has 2 heterocycles. The van der Waals surface area contributed by atoms with Crippen molar-refractivity contribution in [3.8, 4) is 17.2 Å². The summed E-state index contributed by atoms with van der Waals surface area (Å²) in [4.78, 5) is 0.269. The van der Waals surface area contributed by atoms with E-state index in [1.165, 1.54) is 24.3 Å². The molecule has 0 unspecified atom stereocenters. The molecule has 8 nitrogen and oxygen atoms in total. The number of nitrogens with two attached hydrogens (primary N) is 1. The Morgan fingerprint density at radius 1 is 0.977 bits per heavy atom. The second-order valence-corrected chi connectivity index (χ2v) is 13.7. The molecule has 2 atom stereocenters. The molecule has 0 radical (unpaired) electrons. The monoisotopic (exact) mass is 634 g/mol. The van der Waals surface area contributed by atoms with E-state index in [-0.39, 0.29) is 31.4 Å². The zero-order chi connectivity index (χ0) is 31.8. The number of fused-ring (bicyclic) bond motifs is 1. The van der Waals surface area contributed by atoms with E-state index < -0.39 is 38.3 Å². The van der Waals surface area contributed by atoms with Crippen molar-refractivity contribution in [1.29, 1.82) is 0 Å². The van der Waals surface area contributed by atoms with Gasteiger partial charge in [-0.05, 0) is 67.8 Å². The molecule has 2 aliphatic rings. The van der Waals surface area contributed by atoms with Crippen LogP contribution in [0.4, 0.5) is 13.2 Å². The maximum absolute atomic E-state index is 14.8. The number of nitrogens with zero attached hydrogens (tertiary/aromatic N) is 1. The molecule has 0 saturated carbocycles. The number of hydrogen-bond acceptors (Lipinski definition) is 8. The Morgan fingerprint density at radius 2 is 1.64 bits per heavy atom. The summed E-state index contributed by atoms with van der Waals surface area (Å²) >= 11 is 0. The van der Waals surface area contributed by atoms with Gasteiger partial charge in [0.15, 0.2) is 16.4 Å². The average molecular weight is 635 g/mol. The smallest absolute Gasteiger partial charge is 0.416 e. The molecule has 1 saturated heterocycles. The Hall–Kier alpha value is -3.32. The summed E-state index contributed by atoms with van der Waals surface area (Å²) in [7, 11) is -4.13. The van der Waals surface area contributed by atoms with E-state index in [1.807, 2.05) is 20.8 Å². The van der Waals surface area contributed by atoms with Crippen molar-refractivity contribution in [2.45, 2.75) is 80.8 Å². The zero-order valence-electron chi connectivity index (χ0n) is 24.9. The summed E-state index contributed by atoms with van der Waals surface area (Å²) in [6.45, 7) is 5.72. The highest BCUT2D eigenvalue weighted by Crippen LogP contribution is 2.50. The normalized spacial score (nSPS) is 21.5. The number of benzene rings is 3. The molecule has 2 aliphatic heterocycles. The van der Waals surface area contributed by atoms with Gasteiger partial charge in [-0.15, -0.1) is 0 Å². The van der Waals surface area contributed by atoms with E-state index in [0.717, 1.165) is 30.5 Å². The Bertz CT molecular complexity index is 1560. The van der Waals surface area contributed by atoms with Gasteiger partial charge in [-0.1, -0.05) is 44.0 Å². The summed E-state index contributed by atoms with van der Waals surface area (Å²) in [5, 5.41) is 0. The van der Waals surface area contributed by atoms with Gasteiger partial charge >= 0.3 is 6.18 Å². The molecule has 44 heavy (non-hydrogen) atoms. The largest absolute Gasteiger partial charge is 0.489 e. The molecule has 0 bridgehead atoms. The minimum absolute atomic E-state index is 0.0153. The lowest BCUT2D eigenvalue weighted by molar-refractivity contribution is -0.137. The molecule has 3 aromatic carbocycles. The summed E-state index contributed by atoms with van der Waals surface area (Å²) < 4.78 is 91.5. The molecule has 0 aromatic heterocycles. The number of halogens is 3. The van der Waals surface area contributed by atoms with Crippen LogP contribution >= 0.6 is 0 Å². The second kappa shape index (κ2) is 12.2. The van der Waals surface area contributed by atoms with Crippen LogP contribution in [0, 0.1) is 0 Å². The average Bonchev–Trinajstić information content (AvgIpc) is 3.54. The predicted molar refractivity (Wildman–Crippen MR) is 158 cm³/mol. The maximum Gasteiger partial charge on any atom is 0.416 e. The SMILES string of the molecule is CCCC[C@H]1OC(C)(C)N(CN)[C@@]1(Cc1ccc(OCc2ccc(C(F)(F)F)cc2)cc1)S(=O)(=O)c1ccc2c(c1)OCO2. The first-order chi connectivity index (χ1) is 20.8. The van der Waals surface area contributed by atoms with Crippen LogP contribution in [0.5, 0.6) is 17.2 Å². The standard InChI is InChI=1S/C32H37F3N2O6S/c1-4-5-6-29-31(37(20-36)30(2,3)43-29,44(38,39)26-15-16-27-28(17-26)42-21-41-27)18-22-9-13-25(14-10-22)40-19-23-7-11-24(12-8-23)32(33,34)35/h7-17,29H,4-6,18-21,36H2,1-3H3/t29-,31+/m1/s1. The summed E-state index contributed by atoms with van der Waals surface area (Å²) in [5.41, 5.74) is 5.91. The Morgan fingerprint density at radius 3 is 2.27 bits per heavy atom. The van der Waals surface area contributed by atoms with Crippen molar-refractivity contribution in [2.75, 3.05) is 13.5 Å². The summed E-state index contributed by atoms with van der Waals surface area (Å²) in [6, 6.07) is 16.4. The van der Waals surface area contributed by atoms with Crippen molar-refractivity contribution >= 4 is 9.84 Å². The highest BCUT2D eigenvalue weighted by atomic mass is 32.2. The molecule has 5 rings (SSSR count). The van der Waals surface area contributed by atoms with E-state index in [0.29, 0.717) is 29.2 Å². The van der Waals surface area contributed by atoms with Crippen LogP contribution in [-0.4, -0.2) is 43.5 Å². The van der Waals surface area contributed by atoms with Crippen molar-refractivity contribution < 1.29 is 40.5 Å². The third-order valence-corrected chi connectivity index (χ3v) is 10.7. The number of rotatable bonds is 11. The van der Waals surface area contributed by atoms with Crippen molar-refractivity contribution in [1.82, 2.24) is 4.90 Å². The molecule has 0 aliphatic carbocycles. The van der Waals surface area contributed by atoms with E-state index in [9.17, 15) is 21.6 Å². The van der Waals surface area contributed by atoms with Gasteiger partial charge in [-0.3, -0.25) is 0 Å². The molecule has 3 aromatic rings. The van der Waals surface area contributed by atoms with Gasteiger partial charge in [0.2, 0.25) is 16.6 Å². The number of alkyl halides is 3. The van der Waals surface area contributed by atoms with Crippen LogP contribution in [0.2, 0.25) is 0 Å². The number of unbranched alkanes of at least 4 members (excludes halogenated alkanes) is 1. The molecule has 0 spiro atoms. The lowest BCUT2D eigenvalue weighted by Gasteiger charge is -2.42. The molecule has 12 heteroatoms. The minimum atomic E-state index is -4.41. The summed E-state index contributed by atoms with van der Waals surface area (Å²) in [6.07, 6.45) is -2.89. The van der Waals surface area contributed by atoms with Gasteiger partial charge in [-0.25, -0.2) is 13.3 Å². The highest BCUT2D eigenvalue weighted by Gasteiger charge is 2.64. The Kier molecular flexibility index (Phi) is 8.92. The third kappa shape index (κ3) is 6.00. The topological polar surface area (TPSA) is 100 Å². The minimum Gasteiger partial charge on any atom is -0.489 e. The Balaban J connectivity index is 1.46. The fourth-order valence-electron chi connectivity index (χ4n) is 6.00. The van der Waals surface area contributed by atoms with Crippen LogP contribution in [0.1, 0.15) is 56.7 Å². The summed E-state index contributed by atoms with van der Waals surface area (Å²) in [5.74, 6) is 1.33. The van der Waals surface area contributed by atoms with E-state index in [4.69, 9.17) is 24.7 Å². The number of ether oxygens (including phenoxy) is 4. The quantitative estimate of drug-likeness (QED) is 0.264. The fourth-order valence-corrected chi connectivity index (χ4v) is 8.38. The second-order valence-electron chi connectivity index (χ2n) is 11.5. The number of hydrogen-bond donors (Lipinski definition) is 1. The van der Waals surface area contributed by atoms with Crippen LogP contribution in [-0.2, 0) is 33.8 Å². The van der Waals surface area contributed by atoms with Gasteiger partial charge in [0.1, 0.15) is 18.1 Å². The first-order valence-electron chi connectivity index (χ1n) is 14.5. The van der Waals surface area contributed by atoms with Gasteiger partial charge in [0.25, 0.3) is 0 Å². The first kappa shape index (κ1) is 32.1. The zero-order valence-corrected chi connectivity index (χ0v) is 25.7. The highest BCUT2D eigenvalue weighted by molar-refractivity contribution is 7.92. The lowest BCUT2D eigenvalue weighted by Crippen LogP contribution is -2.62. The van der Waals surface area contributed by atoms with Crippen molar-refractivity contribution in [3.63, 3.8) is 0 Å². The van der Waals surface area contributed by atoms with E-state index in [2.05, 4.69) is 0 Å².